The molecule has 1 aromatic carbocycles. The molecule has 2 fully saturated rings. The number of piperidine rings is 1. The molecule has 0 bridgehead atoms. The number of benzene rings is 1. The minimum Gasteiger partial charge on any atom is -0.481 e. The molecule has 2 aromatic rings. The number of amides is 3. The number of carboxylic acid groups (broad SMARTS) is 1. The van der Waals surface area contributed by atoms with Gasteiger partial charge in [0.15, 0.2) is 6.10 Å². The van der Waals surface area contributed by atoms with Crippen molar-refractivity contribution in [2.24, 2.45) is 17.8 Å². The predicted molar refractivity (Wildman–Crippen MR) is 190 cm³/mol. The van der Waals surface area contributed by atoms with Crippen LogP contribution in [0.25, 0.3) is 0 Å². The van der Waals surface area contributed by atoms with Gasteiger partial charge in [-0.15, -0.1) is 11.3 Å². The molecule has 1 aliphatic carbocycles. The number of carboxylic acids is 1. The van der Waals surface area contributed by atoms with Crippen molar-refractivity contribution in [3.05, 3.63) is 52.0 Å². The number of hydrogen-bond donors (Lipinski definition) is 3. The minimum atomic E-state index is -0.941. The third kappa shape index (κ3) is 10.8. The summed E-state index contributed by atoms with van der Waals surface area (Å²) in [7, 11) is 3.68. The molecular weight excluding hydrogens is 659 g/mol. The van der Waals surface area contributed by atoms with E-state index < -0.39 is 42.0 Å². The minimum absolute atomic E-state index is 0.0280. The summed E-state index contributed by atoms with van der Waals surface area (Å²) in [5.74, 6) is -2.80. The number of aromatic nitrogens is 1. The van der Waals surface area contributed by atoms with Gasteiger partial charge in [-0.1, -0.05) is 57.5 Å². The third-order valence-corrected chi connectivity index (χ3v) is 10.8. The van der Waals surface area contributed by atoms with Crippen LogP contribution in [-0.2, 0) is 30.3 Å². The Morgan fingerprint density at radius 2 is 1.74 bits per heavy atom. The Hall–Kier alpha value is -3.84. The molecule has 274 valence electrons. The Kier molecular flexibility index (Phi) is 13.9. The van der Waals surface area contributed by atoms with E-state index in [0.29, 0.717) is 11.4 Å². The summed E-state index contributed by atoms with van der Waals surface area (Å²) < 4.78 is 5.75. The number of likely N-dealkylation sites (N-methyl/N-ethyl adjacent to an activating group) is 2. The van der Waals surface area contributed by atoms with Crippen molar-refractivity contribution < 1.29 is 33.8 Å². The van der Waals surface area contributed by atoms with Gasteiger partial charge in [0.2, 0.25) is 11.8 Å². The van der Waals surface area contributed by atoms with Crippen molar-refractivity contribution in [3.63, 3.8) is 0 Å². The van der Waals surface area contributed by atoms with E-state index in [4.69, 9.17) is 4.74 Å². The maximum absolute atomic E-state index is 14.0. The van der Waals surface area contributed by atoms with E-state index in [0.717, 1.165) is 44.2 Å². The van der Waals surface area contributed by atoms with Crippen LogP contribution in [0.2, 0.25) is 0 Å². The lowest BCUT2D eigenvalue weighted by Gasteiger charge is -2.37. The van der Waals surface area contributed by atoms with E-state index in [1.807, 2.05) is 51.2 Å². The summed E-state index contributed by atoms with van der Waals surface area (Å²) >= 11 is 1.19. The summed E-state index contributed by atoms with van der Waals surface area (Å²) in [5, 5.41) is 17.6. The van der Waals surface area contributed by atoms with Crippen LogP contribution < -0.4 is 10.6 Å². The van der Waals surface area contributed by atoms with Crippen molar-refractivity contribution >= 4 is 41.0 Å². The van der Waals surface area contributed by atoms with E-state index in [9.17, 15) is 29.1 Å². The zero-order chi connectivity index (χ0) is 36.5. The molecule has 3 amide bonds. The molecule has 1 saturated heterocycles. The number of ether oxygens (including phenoxy) is 1. The second-order valence-corrected chi connectivity index (χ2v) is 15.2. The average Bonchev–Trinajstić information content (AvgIpc) is 3.79. The van der Waals surface area contributed by atoms with Gasteiger partial charge in [-0.2, -0.15) is 0 Å². The van der Waals surface area contributed by atoms with Gasteiger partial charge in [0.25, 0.3) is 5.91 Å². The summed E-state index contributed by atoms with van der Waals surface area (Å²) in [6, 6.07) is 7.85. The lowest BCUT2D eigenvalue weighted by molar-refractivity contribution is -0.149. The van der Waals surface area contributed by atoms with Crippen LogP contribution >= 0.6 is 11.3 Å². The normalized spacial score (nSPS) is 19.5. The first-order chi connectivity index (χ1) is 23.7. The largest absolute Gasteiger partial charge is 0.481 e. The van der Waals surface area contributed by atoms with E-state index in [2.05, 4.69) is 20.5 Å². The lowest BCUT2D eigenvalue weighted by Crippen LogP contribution is -2.56. The molecule has 3 N–H and O–H groups in total. The van der Waals surface area contributed by atoms with Gasteiger partial charge >= 0.3 is 11.9 Å². The molecule has 0 spiro atoms. The van der Waals surface area contributed by atoms with Crippen molar-refractivity contribution in [2.45, 2.75) is 109 Å². The number of nitrogens with zero attached hydrogens (tertiary/aromatic N) is 3. The lowest BCUT2D eigenvalue weighted by atomic mass is 9.95. The highest BCUT2D eigenvalue weighted by molar-refractivity contribution is 7.09. The topological polar surface area (TPSA) is 158 Å². The highest BCUT2D eigenvalue weighted by atomic mass is 32.1. The van der Waals surface area contributed by atoms with Crippen LogP contribution in [0.15, 0.2) is 35.7 Å². The number of carbonyl (C=O) groups is 5. The average molecular weight is 712 g/mol. The fourth-order valence-electron chi connectivity index (χ4n) is 6.76. The molecule has 0 radical (unpaired) electrons. The van der Waals surface area contributed by atoms with Crippen LogP contribution in [0.3, 0.4) is 0 Å². The Labute approximate surface area is 299 Å². The number of hydrogen-bond acceptors (Lipinski definition) is 9. The number of rotatable bonds is 17. The van der Waals surface area contributed by atoms with E-state index in [1.165, 1.54) is 18.3 Å². The zero-order valence-electron chi connectivity index (χ0n) is 30.1. The van der Waals surface area contributed by atoms with E-state index in [-0.39, 0.29) is 54.3 Å². The first kappa shape index (κ1) is 39.0. The van der Waals surface area contributed by atoms with Gasteiger partial charge in [0.1, 0.15) is 16.7 Å². The molecular formula is C37H53N5O7S. The zero-order valence-corrected chi connectivity index (χ0v) is 30.9. The first-order valence-electron chi connectivity index (χ1n) is 17.7. The Morgan fingerprint density at radius 3 is 2.34 bits per heavy atom. The quantitative estimate of drug-likeness (QED) is 0.202. The maximum Gasteiger partial charge on any atom is 0.306 e. The van der Waals surface area contributed by atoms with Crippen molar-refractivity contribution in [2.75, 3.05) is 20.6 Å². The van der Waals surface area contributed by atoms with E-state index >= 15 is 0 Å². The van der Waals surface area contributed by atoms with Crippen LogP contribution in [0, 0.1) is 17.8 Å². The molecule has 12 nitrogen and oxygen atoms in total. The standard InChI is InChI=1S/C37H53N5O7S/c1-22(2)30(42(6)36(46)32(26-15-16-26)40-34(45)29-14-10-11-17-41(29)5)20-31(49-24(4)43)35-39-28(21-50-35)33(44)38-27(18-23(3)37(47)48)19-25-12-8-7-9-13-25/h7-9,12-13,21-23,26-27,29-32H,10-11,14-20H2,1-6H3,(H,38,44)(H,40,45)(H,47,48)/t23-,27+,29?,30+,31+,32?/m0/s1. The summed E-state index contributed by atoms with van der Waals surface area (Å²) in [6.45, 7) is 7.76. The number of likely N-dealkylation sites (tertiary alicyclic amines) is 1. The summed E-state index contributed by atoms with van der Waals surface area (Å²) in [4.78, 5) is 73.0. The Balaban J connectivity index is 1.48. The smallest absolute Gasteiger partial charge is 0.306 e. The van der Waals surface area contributed by atoms with Crippen molar-refractivity contribution in [3.8, 4) is 0 Å². The van der Waals surface area contributed by atoms with Crippen LogP contribution in [-0.4, -0.2) is 94.4 Å². The van der Waals surface area contributed by atoms with E-state index in [1.54, 1.807) is 24.3 Å². The molecule has 2 unspecified atom stereocenters. The van der Waals surface area contributed by atoms with Crippen molar-refractivity contribution in [1.29, 1.82) is 0 Å². The molecule has 13 heteroatoms. The highest BCUT2D eigenvalue weighted by Crippen LogP contribution is 2.36. The molecule has 2 aliphatic rings. The molecule has 6 atom stereocenters. The van der Waals surface area contributed by atoms with Gasteiger partial charge in [0.05, 0.1) is 12.0 Å². The van der Waals surface area contributed by atoms with Gasteiger partial charge in [0, 0.05) is 37.9 Å². The first-order valence-corrected chi connectivity index (χ1v) is 18.6. The number of carbonyl (C=O) groups excluding carboxylic acids is 4. The van der Waals surface area contributed by atoms with Crippen LogP contribution in [0.1, 0.15) is 99.8 Å². The molecule has 4 rings (SSSR count). The SMILES string of the molecule is CC(=O)O[C@H](C[C@H](C(C)C)N(C)C(=O)C(NC(=O)C1CCCCN1C)C1CC1)c1nc(C(=O)N[C@@H](Cc2ccccc2)C[C@H](C)C(=O)O)cs1. The monoisotopic (exact) mass is 711 g/mol. The Bertz CT molecular complexity index is 1480. The molecule has 1 saturated carbocycles. The van der Waals surface area contributed by atoms with Crippen molar-refractivity contribution in [1.82, 2.24) is 25.4 Å². The van der Waals surface area contributed by atoms with Gasteiger partial charge < -0.3 is 25.4 Å². The highest BCUT2D eigenvalue weighted by Gasteiger charge is 2.42. The molecule has 1 aliphatic heterocycles. The predicted octanol–water partition coefficient (Wildman–Crippen LogP) is 4.45. The van der Waals surface area contributed by atoms with Gasteiger partial charge in [-0.25, -0.2) is 4.98 Å². The summed E-state index contributed by atoms with van der Waals surface area (Å²) in [6.07, 6.45) is 4.67. The molecule has 1 aromatic heterocycles. The number of nitrogens with one attached hydrogen (secondary N) is 2. The molecule has 2 heterocycles. The van der Waals surface area contributed by atoms with Crippen LogP contribution in [0.5, 0.6) is 0 Å². The second kappa shape index (κ2) is 17.9. The molecule has 50 heavy (non-hydrogen) atoms. The Morgan fingerprint density at radius 1 is 1.04 bits per heavy atom. The van der Waals surface area contributed by atoms with Crippen LogP contribution in [0.4, 0.5) is 0 Å². The fraction of sp³-hybridized carbons (Fsp3) is 0.622. The number of thiazole rings is 1. The van der Waals surface area contributed by atoms with Gasteiger partial charge in [-0.05, 0) is 69.5 Å². The second-order valence-electron chi connectivity index (χ2n) is 14.3. The van der Waals surface area contributed by atoms with Gasteiger partial charge in [-0.3, -0.25) is 28.9 Å². The fourth-order valence-corrected chi connectivity index (χ4v) is 7.60. The number of esters is 1. The summed E-state index contributed by atoms with van der Waals surface area (Å²) in [5.41, 5.74) is 1.10. The number of aliphatic carboxylic acids is 1. The third-order valence-electron chi connectivity index (χ3n) is 9.86. The maximum atomic E-state index is 14.0.